The van der Waals surface area contributed by atoms with Gasteiger partial charge in [0, 0.05) is 11.1 Å². The van der Waals surface area contributed by atoms with Crippen LogP contribution in [0.15, 0.2) is 28.7 Å². The summed E-state index contributed by atoms with van der Waals surface area (Å²) in [4.78, 5) is 4.65. The van der Waals surface area contributed by atoms with Crippen molar-refractivity contribution < 1.29 is 0 Å². The first-order valence-electron chi connectivity index (χ1n) is 7.60. The molecule has 0 fully saturated rings. The Morgan fingerprint density at radius 2 is 2.13 bits per heavy atom. The van der Waals surface area contributed by atoms with Gasteiger partial charge in [-0.3, -0.25) is 0 Å². The largest absolute Gasteiger partial charge is 0.245 e. The SMILES string of the molecule is CCCc1nc(CSc2nnnn2-c2cccc(C)c2C)cs1. The Labute approximate surface area is 144 Å². The normalized spacial score (nSPS) is 11.1. The first-order chi connectivity index (χ1) is 11.2. The minimum absolute atomic E-state index is 0.783. The van der Waals surface area contributed by atoms with E-state index in [1.54, 1.807) is 23.1 Å². The third kappa shape index (κ3) is 3.61. The molecule has 0 bridgehead atoms. The van der Waals surface area contributed by atoms with Crippen molar-refractivity contribution in [1.82, 2.24) is 25.2 Å². The Hall–Kier alpha value is -1.73. The fraction of sp³-hybridized carbons (Fsp3) is 0.375. The summed E-state index contributed by atoms with van der Waals surface area (Å²) in [5.41, 5.74) is 4.56. The minimum Gasteiger partial charge on any atom is -0.245 e. The molecule has 7 heteroatoms. The Bertz CT molecular complexity index is 793. The number of nitrogens with zero attached hydrogens (tertiary/aromatic N) is 5. The van der Waals surface area contributed by atoms with Gasteiger partial charge in [-0.25, -0.2) is 4.98 Å². The van der Waals surface area contributed by atoms with E-state index in [4.69, 9.17) is 0 Å². The molecule has 0 aliphatic heterocycles. The number of thioether (sulfide) groups is 1. The molecule has 0 aliphatic rings. The van der Waals surface area contributed by atoms with E-state index >= 15 is 0 Å². The maximum atomic E-state index is 4.65. The van der Waals surface area contributed by atoms with Crippen molar-refractivity contribution >= 4 is 23.1 Å². The van der Waals surface area contributed by atoms with E-state index in [-0.39, 0.29) is 0 Å². The predicted octanol–water partition coefficient (Wildman–Crippen LogP) is 3.98. The number of thiazole rings is 1. The van der Waals surface area contributed by atoms with Gasteiger partial charge in [0.2, 0.25) is 5.16 Å². The molecule has 0 radical (unpaired) electrons. The fourth-order valence-corrected chi connectivity index (χ4v) is 4.05. The van der Waals surface area contributed by atoms with Crippen LogP contribution in [0, 0.1) is 13.8 Å². The van der Waals surface area contributed by atoms with Gasteiger partial charge in [-0.2, -0.15) is 4.68 Å². The van der Waals surface area contributed by atoms with Gasteiger partial charge in [0.25, 0.3) is 0 Å². The lowest BCUT2D eigenvalue weighted by atomic mass is 10.1. The molecule has 1 aromatic carbocycles. The van der Waals surface area contributed by atoms with Gasteiger partial charge in [0.05, 0.1) is 16.4 Å². The van der Waals surface area contributed by atoms with Crippen LogP contribution >= 0.6 is 23.1 Å². The highest BCUT2D eigenvalue weighted by molar-refractivity contribution is 7.98. The Morgan fingerprint density at radius 3 is 2.96 bits per heavy atom. The van der Waals surface area contributed by atoms with Crippen LogP contribution in [-0.4, -0.2) is 25.2 Å². The van der Waals surface area contributed by atoms with Crippen LogP contribution in [0.2, 0.25) is 0 Å². The molecule has 0 spiro atoms. The molecule has 0 amide bonds. The zero-order chi connectivity index (χ0) is 16.2. The number of hydrogen-bond donors (Lipinski definition) is 0. The molecule has 0 saturated heterocycles. The van der Waals surface area contributed by atoms with Gasteiger partial charge in [-0.05, 0) is 54.3 Å². The Morgan fingerprint density at radius 1 is 1.26 bits per heavy atom. The molecule has 3 rings (SSSR count). The third-order valence-corrected chi connectivity index (χ3v) is 5.57. The molecular formula is C16H19N5S2. The highest BCUT2D eigenvalue weighted by Crippen LogP contribution is 2.25. The summed E-state index contributed by atoms with van der Waals surface area (Å²) >= 11 is 3.35. The van der Waals surface area contributed by atoms with Crippen LogP contribution in [0.1, 0.15) is 35.2 Å². The Kier molecular flexibility index (Phi) is 5.07. The fourth-order valence-electron chi connectivity index (χ4n) is 2.27. The monoisotopic (exact) mass is 345 g/mol. The number of aryl methyl sites for hydroxylation is 2. The van der Waals surface area contributed by atoms with Crippen LogP contribution in [-0.2, 0) is 12.2 Å². The van der Waals surface area contributed by atoms with E-state index in [1.807, 2.05) is 16.8 Å². The molecule has 0 atom stereocenters. The summed E-state index contributed by atoms with van der Waals surface area (Å²) in [6, 6.07) is 6.18. The van der Waals surface area contributed by atoms with Crippen molar-refractivity contribution in [2.24, 2.45) is 0 Å². The summed E-state index contributed by atoms with van der Waals surface area (Å²) in [6.07, 6.45) is 2.18. The second-order valence-electron chi connectivity index (χ2n) is 5.36. The zero-order valence-electron chi connectivity index (χ0n) is 13.5. The quantitative estimate of drug-likeness (QED) is 0.633. The maximum absolute atomic E-state index is 4.65. The molecule has 23 heavy (non-hydrogen) atoms. The number of aromatic nitrogens is 5. The maximum Gasteiger partial charge on any atom is 0.214 e. The van der Waals surface area contributed by atoms with E-state index < -0.39 is 0 Å². The highest BCUT2D eigenvalue weighted by Gasteiger charge is 2.13. The molecule has 0 saturated carbocycles. The molecule has 5 nitrogen and oxygen atoms in total. The second-order valence-corrected chi connectivity index (χ2v) is 7.25. The molecular weight excluding hydrogens is 326 g/mol. The molecule has 0 N–H and O–H groups in total. The summed E-state index contributed by atoms with van der Waals surface area (Å²) in [6.45, 7) is 6.37. The minimum atomic E-state index is 0.783. The summed E-state index contributed by atoms with van der Waals surface area (Å²) in [7, 11) is 0. The number of hydrogen-bond acceptors (Lipinski definition) is 6. The van der Waals surface area contributed by atoms with E-state index in [9.17, 15) is 0 Å². The summed E-state index contributed by atoms with van der Waals surface area (Å²) < 4.78 is 1.81. The molecule has 2 aromatic heterocycles. The van der Waals surface area contributed by atoms with E-state index in [0.717, 1.165) is 35.1 Å². The van der Waals surface area contributed by atoms with E-state index in [2.05, 4.69) is 52.7 Å². The van der Waals surface area contributed by atoms with Crippen molar-refractivity contribution in [1.29, 1.82) is 0 Å². The highest BCUT2D eigenvalue weighted by atomic mass is 32.2. The average Bonchev–Trinajstić information content (AvgIpc) is 3.17. The van der Waals surface area contributed by atoms with Crippen LogP contribution < -0.4 is 0 Å². The van der Waals surface area contributed by atoms with Crippen molar-refractivity contribution in [2.45, 2.75) is 44.5 Å². The topological polar surface area (TPSA) is 56.5 Å². The average molecular weight is 345 g/mol. The van der Waals surface area contributed by atoms with Gasteiger partial charge in [-0.1, -0.05) is 30.8 Å². The lowest BCUT2D eigenvalue weighted by molar-refractivity contribution is 0.751. The number of tetrazole rings is 1. The van der Waals surface area contributed by atoms with Crippen LogP contribution in [0.4, 0.5) is 0 Å². The zero-order valence-corrected chi connectivity index (χ0v) is 15.1. The predicted molar refractivity (Wildman–Crippen MR) is 94.3 cm³/mol. The van der Waals surface area contributed by atoms with Gasteiger partial charge in [-0.15, -0.1) is 16.4 Å². The number of rotatable bonds is 6. The lowest BCUT2D eigenvalue weighted by Crippen LogP contribution is -2.02. The molecule has 3 aromatic rings. The first-order valence-corrected chi connectivity index (χ1v) is 9.46. The van der Waals surface area contributed by atoms with Gasteiger partial charge >= 0.3 is 0 Å². The smallest absolute Gasteiger partial charge is 0.214 e. The first kappa shape index (κ1) is 16.1. The van der Waals surface area contributed by atoms with E-state index in [0.29, 0.717) is 0 Å². The molecule has 0 unspecified atom stereocenters. The van der Waals surface area contributed by atoms with Gasteiger partial charge in [0.1, 0.15) is 0 Å². The third-order valence-electron chi connectivity index (χ3n) is 3.66. The lowest BCUT2D eigenvalue weighted by Gasteiger charge is -2.09. The number of benzene rings is 1. The molecule has 2 heterocycles. The van der Waals surface area contributed by atoms with Crippen molar-refractivity contribution in [3.05, 3.63) is 45.4 Å². The van der Waals surface area contributed by atoms with Crippen molar-refractivity contribution in [3.8, 4) is 5.69 Å². The van der Waals surface area contributed by atoms with Gasteiger partial charge < -0.3 is 0 Å². The van der Waals surface area contributed by atoms with Crippen molar-refractivity contribution in [3.63, 3.8) is 0 Å². The Balaban J connectivity index is 1.77. The van der Waals surface area contributed by atoms with Crippen molar-refractivity contribution in [2.75, 3.05) is 0 Å². The summed E-state index contributed by atoms with van der Waals surface area (Å²) in [5, 5.41) is 16.3. The van der Waals surface area contributed by atoms with Crippen LogP contribution in [0.25, 0.3) is 5.69 Å². The molecule has 0 aliphatic carbocycles. The second kappa shape index (κ2) is 7.23. The van der Waals surface area contributed by atoms with Gasteiger partial charge in [0.15, 0.2) is 0 Å². The van der Waals surface area contributed by atoms with Crippen LogP contribution in [0.3, 0.4) is 0 Å². The van der Waals surface area contributed by atoms with Crippen LogP contribution in [0.5, 0.6) is 0 Å². The molecule has 120 valence electrons. The van der Waals surface area contributed by atoms with E-state index in [1.165, 1.54) is 16.1 Å². The summed E-state index contributed by atoms with van der Waals surface area (Å²) in [5.74, 6) is 0.783. The standard InChI is InChI=1S/C16H19N5S2/c1-4-6-15-17-13(9-22-15)10-23-16-18-19-20-21(16)14-8-5-7-11(2)12(14)3/h5,7-9H,4,6,10H2,1-3H3.